The van der Waals surface area contributed by atoms with E-state index in [1.807, 2.05) is 109 Å². The van der Waals surface area contributed by atoms with Crippen LogP contribution in [0.2, 0.25) is 0 Å². The quantitative estimate of drug-likeness (QED) is 0.332. The van der Waals surface area contributed by atoms with Gasteiger partial charge < -0.3 is 28.7 Å². The second-order valence-corrected chi connectivity index (χ2v) is 10.4. The Balaban J connectivity index is 1.21. The maximum atomic E-state index is 13.6. The van der Waals surface area contributed by atoms with Gasteiger partial charge in [-0.05, 0) is 36.4 Å². The van der Waals surface area contributed by atoms with Crippen LogP contribution in [0.5, 0.6) is 23.0 Å². The zero-order chi connectivity index (χ0) is 28.5. The molecule has 0 aliphatic carbocycles. The summed E-state index contributed by atoms with van der Waals surface area (Å²) in [5.41, 5.74) is 1.71. The fourth-order valence-corrected chi connectivity index (χ4v) is 5.95. The zero-order valence-electron chi connectivity index (χ0n) is 22.9. The Labute approximate surface area is 244 Å². The van der Waals surface area contributed by atoms with Crippen LogP contribution in [0.3, 0.4) is 0 Å². The highest BCUT2D eigenvalue weighted by molar-refractivity contribution is 5.91. The summed E-state index contributed by atoms with van der Waals surface area (Å²) in [6, 6.07) is 33.3. The lowest BCUT2D eigenvalue weighted by Crippen LogP contribution is -2.66. The van der Waals surface area contributed by atoms with E-state index in [0.717, 1.165) is 11.1 Å². The molecule has 7 rings (SSSR count). The largest absolute Gasteiger partial charge is 0.490 e. The van der Waals surface area contributed by atoms with Crippen molar-refractivity contribution >= 4 is 11.8 Å². The first-order chi connectivity index (χ1) is 20.7. The maximum Gasteiger partial charge on any atom is 0.266 e. The van der Waals surface area contributed by atoms with Gasteiger partial charge in [0, 0.05) is 24.2 Å². The van der Waals surface area contributed by atoms with Gasteiger partial charge in [0.05, 0.1) is 0 Å². The fraction of sp³-hybridized carbons (Fsp3) is 0.235. The van der Waals surface area contributed by atoms with Crippen molar-refractivity contribution in [2.24, 2.45) is 0 Å². The van der Waals surface area contributed by atoms with Gasteiger partial charge in [-0.15, -0.1) is 0 Å². The van der Waals surface area contributed by atoms with Gasteiger partial charge in [-0.3, -0.25) is 9.59 Å². The van der Waals surface area contributed by atoms with Crippen molar-refractivity contribution in [3.8, 4) is 23.0 Å². The minimum Gasteiger partial charge on any atom is -0.490 e. The predicted octanol–water partition coefficient (Wildman–Crippen LogP) is 4.82. The molecule has 3 aliphatic rings. The number of para-hydroxylation sites is 4. The number of nitrogens with zero attached hydrogens (tertiary/aromatic N) is 2. The molecule has 8 nitrogen and oxygen atoms in total. The highest BCUT2D eigenvalue weighted by atomic mass is 16.5. The Morgan fingerprint density at radius 2 is 0.905 bits per heavy atom. The normalized spacial score (nSPS) is 23.2. The highest BCUT2D eigenvalue weighted by Crippen LogP contribution is 2.44. The molecule has 4 atom stereocenters. The van der Waals surface area contributed by atoms with E-state index in [9.17, 15) is 9.59 Å². The van der Waals surface area contributed by atoms with Crippen LogP contribution in [0.25, 0.3) is 0 Å². The molecule has 2 saturated heterocycles. The number of hydrogen-bond acceptors (Lipinski definition) is 6. The number of carbonyl (C=O) groups excluding carboxylic acids is 2. The van der Waals surface area contributed by atoms with Gasteiger partial charge in [-0.1, -0.05) is 72.8 Å². The minimum absolute atomic E-state index is 0.129. The molecule has 3 aliphatic heterocycles. The van der Waals surface area contributed by atoms with E-state index in [-0.39, 0.29) is 23.9 Å². The van der Waals surface area contributed by atoms with Gasteiger partial charge in [0.1, 0.15) is 48.3 Å². The summed E-state index contributed by atoms with van der Waals surface area (Å²) in [6.07, 6.45) is -1.42. The molecule has 0 radical (unpaired) electrons. The summed E-state index contributed by atoms with van der Waals surface area (Å²) in [7, 11) is 0. The summed E-state index contributed by atoms with van der Waals surface area (Å²) in [4.78, 5) is 30.7. The van der Waals surface area contributed by atoms with Gasteiger partial charge >= 0.3 is 0 Å². The van der Waals surface area contributed by atoms with E-state index in [2.05, 4.69) is 0 Å². The maximum absolute atomic E-state index is 13.6. The summed E-state index contributed by atoms with van der Waals surface area (Å²) in [6.45, 7) is 1.26. The van der Waals surface area contributed by atoms with Crippen LogP contribution in [0.1, 0.15) is 23.2 Å². The lowest BCUT2D eigenvalue weighted by Gasteiger charge is -2.51. The first-order valence-corrected chi connectivity index (χ1v) is 14.2. The van der Waals surface area contributed by atoms with Crippen LogP contribution in [-0.4, -0.2) is 60.1 Å². The second kappa shape index (κ2) is 11.1. The average Bonchev–Trinajstić information content (AvgIpc) is 3.04. The number of carbonyl (C=O) groups is 2. The van der Waals surface area contributed by atoms with Gasteiger partial charge in [0.25, 0.3) is 11.8 Å². The number of hydrogen-bond donors (Lipinski definition) is 0. The van der Waals surface area contributed by atoms with Crippen LogP contribution >= 0.6 is 0 Å². The van der Waals surface area contributed by atoms with Crippen molar-refractivity contribution < 1.29 is 28.5 Å². The van der Waals surface area contributed by atoms with E-state index in [4.69, 9.17) is 18.9 Å². The molecule has 0 N–H and O–H groups in total. The Morgan fingerprint density at radius 3 is 1.33 bits per heavy atom. The first-order valence-electron chi connectivity index (χ1n) is 14.2. The molecule has 4 aromatic rings. The molecule has 2 amide bonds. The third-order valence-corrected chi connectivity index (χ3v) is 7.97. The van der Waals surface area contributed by atoms with Gasteiger partial charge in [0.2, 0.25) is 12.2 Å². The topological polar surface area (TPSA) is 77.5 Å². The zero-order valence-corrected chi connectivity index (χ0v) is 22.9. The Kier molecular flexibility index (Phi) is 6.87. The monoisotopic (exact) mass is 562 g/mol. The molecule has 8 heteroatoms. The molecule has 0 saturated carbocycles. The van der Waals surface area contributed by atoms with Gasteiger partial charge in [-0.2, -0.15) is 0 Å². The number of ether oxygens (including phenoxy) is 4. The van der Waals surface area contributed by atoms with Crippen LogP contribution in [0.4, 0.5) is 0 Å². The van der Waals surface area contributed by atoms with E-state index >= 15 is 0 Å². The third-order valence-electron chi connectivity index (χ3n) is 7.97. The van der Waals surface area contributed by atoms with Crippen molar-refractivity contribution in [1.82, 2.24) is 9.80 Å². The predicted molar refractivity (Wildman–Crippen MR) is 154 cm³/mol. The minimum atomic E-state index is -0.709. The van der Waals surface area contributed by atoms with Crippen LogP contribution < -0.4 is 18.9 Å². The molecule has 2 fully saturated rings. The number of rotatable bonds is 4. The first kappa shape index (κ1) is 26.0. The SMILES string of the molecule is O=C1[C@H](Oc2ccccc2)[C@@H]2c3ccccc3OCCOc3ccccc3[C@H]3[C@@H](Oc4ccccc4)C(=O)N3CCN12. The Morgan fingerprint density at radius 1 is 0.524 bits per heavy atom. The lowest BCUT2D eigenvalue weighted by molar-refractivity contribution is -0.172. The molecule has 3 heterocycles. The molecular formula is C34H30N2O6. The molecule has 0 bridgehead atoms. The molecular weight excluding hydrogens is 532 g/mol. The number of amides is 2. The molecule has 4 aromatic carbocycles. The van der Waals surface area contributed by atoms with Gasteiger partial charge in [0.15, 0.2) is 0 Å². The lowest BCUT2D eigenvalue weighted by atomic mass is 9.88. The van der Waals surface area contributed by atoms with Crippen LogP contribution in [0, 0.1) is 0 Å². The molecule has 0 unspecified atom stereocenters. The van der Waals surface area contributed by atoms with Crippen molar-refractivity contribution in [2.45, 2.75) is 24.3 Å². The highest BCUT2D eigenvalue weighted by Gasteiger charge is 2.54. The van der Waals surface area contributed by atoms with Crippen LogP contribution in [-0.2, 0) is 9.59 Å². The van der Waals surface area contributed by atoms with Gasteiger partial charge in [-0.25, -0.2) is 0 Å². The molecule has 0 aromatic heterocycles. The summed E-state index contributed by atoms with van der Waals surface area (Å²) >= 11 is 0. The fourth-order valence-electron chi connectivity index (χ4n) is 5.95. The average molecular weight is 563 g/mol. The van der Waals surface area contributed by atoms with Crippen molar-refractivity contribution in [1.29, 1.82) is 0 Å². The van der Waals surface area contributed by atoms with Crippen LogP contribution in [0.15, 0.2) is 109 Å². The van der Waals surface area contributed by atoms with E-state index in [1.165, 1.54) is 0 Å². The molecule has 42 heavy (non-hydrogen) atoms. The number of benzene rings is 4. The van der Waals surface area contributed by atoms with Crippen molar-refractivity contribution in [2.75, 3.05) is 26.3 Å². The van der Waals surface area contributed by atoms with Crippen molar-refractivity contribution in [3.05, 3.63) is 120 Å². The van der Waals surface area contributed by atoms with E-state index in [1.54, 1.807) is 9.80 Å². The summed E-state index contributed by atoms with van der Waals surface area (Å²) in [5.74, 6) is 2.33. The summed E-state index contributed by atoms with van der Waals surface area (Å²) < 4.78 is 24.8. The third kappa shape index (κ3) is 4.68. The standard InChI is InChI=1S/C34H30N2O6/c37-33-31(41-23-11-3-1-4-12-23)29-25-15-7-9-17-27(25)39-21-22-40-28-18-10-8-16-26(28)30-32(42-24-13-5-2-6-14-24)34(38)36(30)20-19-35(29)33/h1-18,29-32H,19-22H2/t29-,30-,31+,32+/m0/s1. The second-order valence-electron chi connectivity index (χ2n) is 10.4. The Bertz CT molecular complexity index is 1460. The number of fused-ring (bicyclic) bond motifs is 6. The summed E-state index contributed by atoms with van der Waals surface area (Å²) in [5, 5.41) is 0. The van der Waals surface area contributed by atoms with E-state index in [0.29, 0.717) is 49.3 Å². The molecule has 0 spiro atoms. The molecule has 212 valence electrons. The Hall–Kier alpha value is -4.98. The van der Waals surface area contributed by atoms with E-state index < -0.39 is 12.2 Å². The van der Waals surface area contributed by atoms with Crippen molar-refractivity contribution in [3.63, 3.8) is 0 Å². The smallest absolute Gasteiger partial charge is 0.266 e. The number of β-lactam (4-membered cyclic amide) rings is 2.